The van der Waals surface area contributed by atoms with Crippen molar-refractivity contribution in [3.8, 4) is 0 Å². The lowest BCUT2D eigenvalue weighted by Crippen LogP contribution is -2.32. The molecule has 1 saturated heterocycles. The highest BCUT2D eigenvalue weighted by Crippen LogP contribution is 2.26. The van der Waals surface area contributed by atoms with Crippen LogP contribution < -0.4 is 10.6 Å². The molecule has 5 nitrogen and oxygen atoms in total. The second-order valence-corrected chi connectivity index (χ2v) is 4.41. The highest BCUT2D eigenvalue weighted by molar-refractivity contribution is 5.97. The Morgan fingerprint density at radius 1 is 1.22 bits per heavy atom. The number of aliphatic hydroxyl groups excluding tert-OH is 1. The van der Waals surface area contributed by atoms with Crippen molar-refractivity contribution >= 4 is 17.4 Å². The molecule has 18 heavy (non-hydrogen) atoms. The molecule has 1 aliphatic rings. The van der Waals surface area contributed by atoms with Gasteiger partial charge in [-0.3, -0.25) is 4.90 Å². The molecule has 2 amide bonds. The number of rotatable bonds is 5. The minimum absolute atomic E-state index is 0.00541. The van der Waals surface area contributed by atoms with Gasteiger partial charge in [-0.2, -0.15) is 0 Å². The Balaban J connectivity index is 2.01. The number of nitrogens with zero attached hydrogens (tertiary/aromatic N) is 2. The van der Waals surface area contributed by atoms with Crippen LogP contribution in [0.5, 0.6) is 0 Å². The van der Waals surface area contributed by atoms with Gasteiger partial charge in [-0.25, -0.2) is 4.79 Å². The maximum absolute atomic E-state index is 12.2. The van der Waals surface area contributed by atoms with E-state index in [9.17, 15) is 4.79 Å². The number of carbonyl (C=O) groups excluding carboxylic acids is 1. The lowest BCUT2D eigenvalue weighted by molar-refractivity contribution is 0.216. The quantitative estimate of drug-likeness (QED) is 0.610. The van der Waals surface area contributed by atoms with Crippen LogP contribution in [0.4, 0.5) is 16.2 Å². The summed E-state index contributed by atoms with van der Waals surface area (Å²) >= 11 is 0. The molecule has 0 bridgehead atoms. The van der Waals surface area contributed by atoms with Crippen LogP contribution in [-0.2, 0) is 0 Å². The van der Waals surface area contributed by atoms with Crippen LogP contribution in [0.3, 0.4) is 0 Å². The monoisotopic (exact) mass is 249 g/mol. The number of unbranched alkanes of at least 4 members (excludes halogenated alkanes) is 1. The SMILES string of the molecule is Nc1ccccc1N1CCN(CCCCO)C1=O. The molecule has 0 spiro atoms. The minimum atomic E-state index is 0.00541. The lowest BCUT2D eigenvalue weighted by atomic mass is 10.2. The highest BCUT2D eigenvalue weighted by Gasteiger charge is 2.29. The number of urea groups is 1. The molecule has 98 valence electrons. The number of aliphatic hydroxyl groups is 1. The van der Waals surface area contributed by atoms with Gasteiger partial charge < -0.3 is 15.7 Å². The first-order valence-corrected chi connectivity index (χ1v) is 6.26. The van der Waals surface area contributed by atoms with Crippen LogP contribution in [0.25, 0.3) is 0 Å². The molecule has 5 heteroatoms. The normalized spacial score (nSPS) is 15.5. The van der Waals surface area contributed by atoms with E-state index in [1.807, 2.05) is 23.1 Å². The fourth-order valence-corrected chi connectivity index (χ4v) is 2.16. The number of carbonyl (C=O) groups is 1. The zero-order chi connectivity index (χ0) is 13.0. The topological polar surface area (TPSA) is 69.8 Å². The van der Waals surface area contributed by atoms with Gasteiger partial charge in [0.25, 0.3) is 0 Å². The van der Waals surface area contributed by atoms with Gasteiger partial charge >= 0.3 is 6.03 Å². The Labute approximate surface area is 107 Å². The maximum Gasteiger partial charge on any atom is 0.324 e. The molecule has 0 saturated carbocycles. The van der Waals surface area contributed by atoms with Gasteiger partial charge in [0, 0.05) is 26.2 Å². The van der Waals surface area contributed by atoms with Gasteiger partial charge in [-0.15, -0.1) is 0 Å². The second kappa shape index (κ2) is 5.73. The fourth-order valence-electron chi connectivity index (χ4n) is 2.16. The summed E-state index contributed by atoms with van der Waals surface area (Å²) in [5, 5.41) is 8.74. The predicted octanol–water partition coefficient (Wildman–Crippen LogP) is 1.28. The average molecular weight is 249 g/mol. The highest BCUT2D eigenvalue weighted by atomic mass is 16.3. The van der Waals surface area contributed by atoms with E-state index in [2.05, 4.69) is 0 Å². The van der Waals surface area contributed by atoms with Crippen molar-refractivity contribution in [2.45, 2.75) is 12.8 Å². The van der Waals surface area contributed by atoms with Crippen molar-refractivity contribution in [1.29, 1.82) is 0 Å². The van der Waals surface area contributed by atoms with Crippen LogP contribution in [0.2, 0.25) is 0 Å². The summed E-state index contributed by atoms with van der Waals surface area (Å²) in [7, 11) is 0. The Hall–Kier alpha value is -1.75. The average Bonchev–Trinajstić information content (AvgIpc) is 2.72. The number of benzene rings is 1. The van der Waals surface area contributed by atoms with E-state index >= 15 is 0 Å². The third-order valence-corrected chi connectivity index (χ3v) is 3.16. The Morgan fingerprint density at radius 2 is 2.00 bits per heavy atom. The summed E-state index contributed by atoms with van der Waals surface area (Å²) in [6, 6.07) is 7.42. The van der Waals surface area contributed by atoms with Gasteiger partial charge in [0.15, 0.2) is 0 Å². The van der Waals surface area contributed by atoms with E-state index in [-0.39, 0.29) is 12.6 Å². The number of hydrogen-bond acceptors (Lipinski definition) is 3. The summed E-state index contributed by atoms with van der Waals surface area (Å²) in [6.07, 6.45) is 1.57. The number of amides is 2. The van der Waals surface area contributed by atoms with Crippen molar-refractivity contribution in [2.75, 3.05) is 36.9 Å². The van der Waals surface area contributed by atoms with Crippen LogP contribution in [0.1, 0.15) is 12.8 Å². The van der Waals surface area contributed by atoms with E-state index in [4.69, 9.17) is 10.8 Å². The largest absolute Gasteiger partial charge is 0.397 e. The Morgan fingerprint density at radius 3 is 2.72 bits per heavy atom. The van der Waals surface area contributed by atoms with E-state index in [0.717, 1.165) is 25.1 Å². The molecule has 3 N–H and O–H groups in total. The van der Waals surface area contributed by atoms with E-state index in [1.165, 1.54) is 0 Å². The first-order chi connectivity index (χ1) is 8.74. The first-order valence-electron chi connectivity index (χ1n) is 6.26. The first kappa shape index (κ1) is 12.7. The van der Waals surface area contributed by atoms with Crippen LogP contribution in [0.15, 0.2) is 24.3 Å². The molecule has 0 radical (unpaired) electrons. The third-order valence-electron chi connectivity index (χ3n) is 3.16. The molecule has 0 unspecified atom stereocenters. The molecule has 1 aliphatic heterocycles. The predicted molar refractivity (Wildman–Crippen MR) is 71.5 cm³/mol. The number of anilines is 2. The summed E-state index contributed by atoms with van der Waals surface area (Å²) < 4.78 is 0. The van der Waals surface area contributed by atoms with E-state index in [0.29, 0.717) is 18.8 Å². The summed E-state index contributed by atoms with van der Waals surface area (Å²) in [4.78, 5) is 15.7. The molecule has 1 heterocycles. The minimum Gasteiger partial charge on any atom is -0.397 e. The van der Waals surface area contributed by atoms with Gasteiger partial charge in [0.2, 0.25) is 0 Å². The molecule has 2 rings (SSSR count). The molecular formula is C13H19N3O2. The summed E-state index contributed by atoms with van der Waals surface area (Å²) in [6.45, 7) is 2.27. The number of hydrogen-bond donors (Lipinski definition) is 2. The Kier molecular flexibility index (Phi) is 4.04. The zero-order valence-corrected chi connectivity index (χ0v) is 10.4. The standard InChI is InChI=1S/C13H19N3O2/c14-11-5-1-2-6-12(11)16-9-8-15(13(16)18)7-3-4-10-17/h1-2,5-6,17H,3-4,7-10,14H2. The van der Waals surface area contributed by atoms with Gasteiger partial charge in [-0.05, 0) is 25.0 Å². The van der Waals surface area contributed by atoms with Crippen molar-refractivity contribution in [3.63, 3.8) is 0 Å². The molecular weight excluding hydrogens is 230 g/mol. The molecule has 1 fully saturated rings. The van der Waals surface area contributed by atoms with Gasteiger partial charge in [0.1, 0.15) is 0 Å². The maximum atomic E-state index is 12.2. The van der Waals surface area contributed by atoms with Crippen LogP contribution >= 0.6 is 0 Å². The van der Waals surface area contributed by atoms with Gasteiger partial charge in [-0.1, -0.05) is 12.1 Å². The number of nitrogen functional groups attached to an aromatic ring is 1. The molecule has 0 aliphatic carbocycles. The van der Waals surface area contributed by atoms with Crippen LogP contribution in [-0.4, -0.2) is 42.3 Å². The van der Waals surface area contributed by atoms with Crippen molar-refractivity contribution < 1.29 is 9.90 Å². The molecule has 0 aromatic heterocycles. The molecule has 0 atom stereocenters. The number of nitrogens with two attached hydrogens (primary N) is 1. The molecule has 1 aromatic rings. The number of para-hydroxylation sites is 2. The molecule has 1 aromatic carbocycles. The van der Waals surface area contributed by atoms with Crippen molar-refractivity contribution in [2.24, 2.45) is 0 Å². The van der Waals surface area contributed by atoms with Crippen molar-refractivity contribution in [3.05, 3.63) is 24.3 Å². The van der Waals surface area contributed by atoms with Gasteiger partial charge in [0.05, 0.1) is 11.4 Å². The Bertz CT molecular complexity index is 422. The fraction of sp³-hybridized carbons (Fsp3) is 0.462. The summed E-state index contributed by atoms with van der Waals surface area (Å²) in [5.41, 5.74) is 7.30. The lowest BCUT2D eigenvalue weighted by Gasteiger charge is -2.19. The second-order valence-electron chi connectivity index (χ2n) is 4.41. The zero-order valence-electron chi connectivity index (χ0n) is 10.4. The van der Waals surface area contributed by atoms with E-state index < -0.39 is 0 Å². The smallest absolute Gasteiger partial charge is 0.324 e. The van der Waals surface area contributed by atoms with E-state index in [1.54, 1.807) is 11.0 Å². The van der Waals surface area contributed by atoms with Crippen molar-refractivity contribution in [1.82, 2.24) is 4.90 Å². The third kappa shape index (κ3) is 2.56. The van der Waals surface area contributed by atoms with Crippen LogP contribution in [0, 0.1) is 0 Å². The summed E-state index contributed by atoms with van der Waals surface area (Å²) in [5.74, 6) is 0.